The van der Waals surface area contributed by atoms with E-state index in [0.717, 1.165) is 35.2 Å². The SMILES string of the molecule is N#Cc1ccc(N(C(N)=O)c2ccc(C(F)(F)F)cc2)c(O)c1. The molecule has 0 aromatic heterocycles. The van der Waals surface area contributed by atoms with Crippen LogP contribution in [-0.2, 0) is 6.18 Å². The lowest BCUT2D eigenvalue weighted by atomic mass is 10.1. The van der Waals surface area contributed by atoms with Crippen LogP contribution in [-0.4, -0.2) is 11.1 Å². The average Bonchev–Trinajstić information content (AvgIpc) is 2.48. The van der Waals surface area contributed by atoms with Crippen molar-refractivity contribution >= 4 is 17.4 Å². The summed E-state index contributed by atoms with van der Waals surface area (Å²) in [5.74, 6) is -0.400. The number of amides is 2. The Morgan fingerprint density at radius 3 is 2.22 bits per heavy atom. The van der Waals surface area contributed by atoms with Crippen LogP contribution in [0.2, 0.25) is 0 Å². The minimum absolute atomic E-state index is 0.0451. The number of carbonyl (C=O) groups is 1. The molecule has 8 heteroatoms. The van der Waals surface area contributed by atoms with E-state index in [1.54, 1.807) is 0 Å². The van der Waals surface area contributed by atoms with E-state index in [1.165, 1.54) is 12.1 Å². The van der Waals surface area contributed by atoms with Gasteiger partial charge in [0.25, 0.3) is 0 Å². The van der Waals surface area contributed by atoms with Crippen LogP contribution < -0.4 is 10.6 Å². The van der Waals surface area contributed by atoms with Crippen LogP contribution in [0.15, 0.2) is 42.5 Å². The third-order valence-corrected chi connectivity index (χ3v) is 3.02. The highest BCUT2D eigenvalue weighted by Gasteiger charge is 2.30. The van der Waals surface area contributed by atoms with Crippen molar-refractivity contribution in [1.82, 2.24) is 0 Å². The van der Waals surface area contributed by atoms with Crippen molar-refractivity contribution in [2.45, 2.75) is 6.18 Å². The van der Waals surface area contributed by atoms with Gasteiger partial charge in [0.2, 0.25) is 0 Å². The van der Waals surface area contributed by atoms with Crippen molar-refractivity contribution in [2.75, 3.05) is 4.90 Å². The first-order valence-electron chi connectivity index (χ1n) is 6.24. The van der Waals surface area contributed by atoms with Gasteiger partial charge in [-0.1, -0.05) is 0 Å². The Kier molecular flexibility index (Phi) is 4.14. The predicted octanol–water partition coefficient (Wildman–Crippen LogP) is 3.50. The molecule has 3 N–H and O–H groups in total. The van der Waals surface area contributed by atoms with Crippen LogP contribution in [0.25, 0.3) is 0 Å². The number of anilines is 2. The largest absolute Gasteiger partial charge is 0.506 e. The number of alkyl halides is 3. The summed E-state index contributed by atoms with van der Waals surface area (Å²) in [6, 6.07) is 8.27. The van der Waals surface area contributed by atoms with Gasteiger partial charge in [-0.25, -0.2) is 4.79 Å². The maximum Gasteiger partial charge on any atom is 0.416 e. The van der Waals surface area contributed by atoms with Crippen molar-refractivity contribution in [3.63, 3.8) is 0 Å². The van der Waals surface area contributed by atoms with Gasteiger partial charge >= 0.3 is 12.2 Å². The van der Waals surface area contributed by atoms with Crippen LogP contribution in [0.5, 0.6) is 5.75 Å². The number of hydrogen-bond acceptors (Lipinski definition) is 3. The van der Waals surface area contributed by atoms with Crippen molar-refractivity contribution < 1.29 is 23.1 Å². The minimum atomic E-state index is -4.51. The van der Waals surface area contributed by atoms with E-state index in [0.29, 0.717) is 0 Å². The van der Waals surface area contributed by atoms with Crippen LogP contribution in [0.4, 0.5) is 29.3 Å². The zero-order valence-electron chi connectivity index (χ0n) is 11.5. The second-order valence-corrected chi connectivity index (χ2v) is 4.53. The number of urea groups is 1. The number of nitrogens with two attached hydrogens (primary N) is 1. The van der Waals surface area contributed by atoms with Crippen LogP contribution >= 0.6 is 0 Å². The van der Waals surface area contributed by atoms with E-state index < -0.39 is 23.5 Å². The first-order chi connectivity index (χ1) is 10.7. The average molecular weight is 321 g/mol. The van der Waals surface area contributed by atoms with E-state index in [1.807, 2.05) is 6.07 Å². The predicted molar refractivity (Wildman–Crippen MR) is 76.0 cm³/mol. The quantitative estimate of drug-likeness (QED) is 0.887. The lowest BCUT2D eigenvalue weighted by molar-refractivity contribution is -0.137. The van der Waals surface area contributed by atoms with Gasteiger partial charge < -0.3 is 10.8 Å². The molecule has 0 radical (unpaired) electrons. The molecule has 0 heterocycles. The number of nitriles is 1. The molecule has 5 nitrogen and oxygen atoms in total. The summed E-state index contributed by atoms with van der Waals surface area (Å²) >= 11 is 0. The number of carbonyl (C=O) groups excluding carboxylic acids is 1. The standard InChI is InChI=1S/C15H10F3N3O2/c16-15(17,18)10-2-4-11(5-3-10)21(14(20)23)12-6-1-9(8-19)7-13(12)22/h1-7,22H,(H2,20,23). The van der Waals surface area contributed by atoms with Gasteiger partial charge in [-0.3, -0.25) is 4.90 Å². The maximum atomic E-state index is 12.6. The summed E-state index contributed by atoms with van der Waals surface area (Å²) in [5.41, 5.74) is 4.53. The molecule has 0 unspecified atom stereocenters. The normalized spacial score (nSPS) is 10.9. The molecule has 0 aliphatic rings. The highest BCUT2D eigenvalue weighted by Crippen LogP contribution is 2.35. The fourth-order valence-electron chi connectivity index (χ4n) is 1.97. The van der Waals surface area contributed by atoms with Gasteiger partial charge in [0.15, 0.2) is 0 Å². The summed E-state index contributed by atoms with van der Waals surface area (Å²) < 4.78 is 37.7. The summed E-state index contributed by atoms with van der Waals surface area (Å²) in [6.45, 7) is 0. The summed E-state index contributed by atoms with van der Waals surface area (Å²) in [7, 11) is 0. The van der Waals surface area contributed by atoms with E-state index in [-0.39, 0.29) is 16.9 Å². The van der Waals surface area contributed by atoms with Crippen molar-refractivity contribution in [1.29, 1.82) is 5.26 Å². The van der Waals surface area contributed by atoms with E-state index in [4.69, 9.17) is 11.0 Å². The van der Waals surface area contributed by atoms with Gasteiger partial charge in [-0.05, 0) is 42.5 Å². The zero-order valence-corrected chi connectivity index (χ0v) is 11.5. The molecule has 118 valence electrons. The van der Waals surface area contributed by atoms with Gasteiger partial charge in [0.1, 0.15) is 5.75 Å². The molecule has 0 bridgehead atoms. The van der Waals surface area contributed by atoms with Crippen LogP contribution in [0, 0.1) is 11.3 Å². The number of hydrogen-bond donors (Lipinski definition) is 2. The number of nitrogens with zero attached hydrogens (tertiary/aromatic N) is 2. The second-order valence-electron chi connectivity index (χ2n) is 4.53. The molecule has 0 fully saturated rings. The van der Waals surface area contributed by atoms with Gasteiger partial charge in [0.05, 0.1) is 28.6 Å². The number of primary amides is 1. The zero-order chi connectivity index (χ0) is 17.2. The van der Waals surface area contributed by atoms with Crippen molar-refractivity contribution in [3.05, 3.63) is 53.6 Å². The Labute approximate surface area is 129 Å². The molecule has 23 heavy (non-hydrogen) atoms. The van der Waals surface area contributed by atoms with Crippen LogP contribution in [0.1, 0.15) is 11.1 Å². The number of aromatic hydroxyl groups is 1. The number of phenols is 1. The number of benzene rings is 2. The van der Waals surface area contributed by atoms with E-state index in [2.05, 4.69) is 0 Å². The third-order valence-electron chi connectivity index (χ3n) is 3.02. The molecule has 0 aliphatic heterocycles. The van der Waals surface area contributed by atoms with E-state index in [9.17, 15) is 23.1 Å². The number of phenolic OH excluding ortho intramolecular Hbond substituents is 1. The summed E-state index contributed by atoms with van der Waals surface area (Å²) in [4.78, 5) is 12.5. The first-order valence-corrected chi connectivity index (χ1v) is 6.24. The smallest absolute Gasteiger partial charge is 0.416 e. The second kappa shape index (κ2) is 5.88. The molecule has 2 aromatic carbocycles. The summed E-state index contributed by atoms with van der Waals surface area (Å²) in [6.07, 6.45) is -4.51. The van der Waals surface area contributed by atoms with Gasteiger partial charge in [-0.15, -0.1) is 0 Å². The molecule has 2 amide bonds. The monoisotopic (exact) mass is 321 g/mol. The fraction of sp³-hybridized carbons (Fsp3) is 0.0667. The minimum Gasteiger partial charge on any atom is -0.506 e. The Hall–Kier alpha value is -3.21. The molecule has 0 spiro atoms. The molecule has 0 aliphatic carbocycles. The van der Waals surface area contributed by atoms with Crippen molar-refractivity contribution in [3.8, 4) is 11.8 Å². The molecular formula is C15H10F3N3O2. The highest BCUT2D eigenvalue weighted by molar-refractivity contribution is 5.99. The van der Waals surface area contributed by atoms with Crippen molar-refractivity contribution in [2.24, 2.45) is 5.73 Å². The lowest BCUT2D eigenvalue weighted by Crippen LogP contribution is -2.31. The lowest BCUT2D eigenvalue weighted by Gasteiger charge is -2.22. The summed E-state index contributed by atoms with van der Waals surface area (Å²) in [5, 5.41) is 18.7. The molecule has 0 saturated heterocycles. The Bertz CT molecular complexity index is 780. The molecule has 2 rings (SSSR count). The Morgan fingerprint density at radius 1 is 1.17 bits per heavy atom. The fourth-order valence-corrected chi connectivity index (χ4v) is 1.97. The molecule has 2 aromatic rings. The third kappa shape index (κ3) is 3.35. The molecule has 0 atom stereocenters. The van der Waals surface area contributed by atoms with Crippen LogP contribution in [0.3, 0.4) is 0 Å². The highest BCUT2D eigenvalue weighted by atomic mass is 19.4. The molecule has 0 saturated carbocycles. The van der Waals surface area contributed by atoms with Gasteiger partial charge in [0, 0.05) is 0 Å². The maximum absolute atomic E-state index is 12.6. The van der Waals surface area contributed by atoms with E-state index >= 15 is 0 Å². The molecular weight excluding hydrogens is 311 g/mol. The first kappa shape index (κ1) is 16.2. The topological polar surface area (TPSA) is 90.4 Å². The Morgan fingerprint density at radius 2 is 1.78 bits per heavy atom. The number of halogens is 3. The van der Waals surface area contributed by atoms with Gasteiger partial charge in [-0.2, -0.15) is 18.4 Å². The number of rotatable bonds is 2. The Balaban J connectivity index is 2.48.